The zero-order valence-corrected chi connectivity index (χ0v) is 14.7. The Morgan fingerprint density at radius 1 is 1.31 bits per heavy atom. The summed E-state index contributed by atoms with van der Waals surface area (Å²) in [5, 5.41) is 11.9. The quantitative estimate of drug-likeness (QED) is 0.873. The van der Waals surface area contributed by atoms with Crippen LogP contribution in [0.5, 0.6) is 0 Å². The lowest BCUT2D eigenvalue weighted by atomic mass is 9.91. The topological polar surface area (TPSA) is 95.4 Å². The van der Waals surface area contributed by atoms with Crippen LogP contribution >= 0.6 is 0 Å². The van der Waals surface area contributed by atoms with E-state index in [0.717, 1.165) is 29.8 Å². The summed E-state index contributed by atoms with van der Waals surface area (Å²) in [4.78, 5) is 33.9. The van der Waals surface area contributed by atoms with Gasteiger partial charge in [-0.3, -0.25) is 19.6 Å². The Morgan fingerprint density at radius 3 is 2.88 bits per heavy atom. The van der Waals surface area contributed by atoms with Crippen molar-refractivity contribution in [2.24, 2.45) is 0 Å². The summed E-state index contributed by atoms with van der Waals surface area (Å²) in [5.74, 6) is -0.327. The Morgan fingerprint density at radius 2 is 2.12 bits per heavy atom. The van der Waals surface area contributed by atoms with Crippen molar-refractivity contribution >= 4 is 17.5 Å². The lowest BCUT2D eigenvalue weighted by Gasteiger charge is -2.32. The van der Waals surface area contributed by atoms with Crippen LogP contribution in [0.2, 0.25) is 0 Å². The molecule has 2 aromatic rings. The van der Waals surface area contributed by atoms with E-state index in [1.54, 1.807) is 17.3 Å². The highest BCUT2D eigenvalue weighted by Gasteiger charge is 2.27. The van der Waals surface area contributed by atoms with Gasteiger partial charge in [-0.05, 0) is 25.0 Å². The maximum absolute atomic E-state index is 11.8. The summed E-state index contributed by atoms with van der Waals surface area (Å²) in [5.41, 5.74) is 3.16. The molecule has 0 bridgehead atoms. The molecule has 1 fully saturated rings. The average molecular weight is 354 g/mol. The number of nitrogens with one attached hydrogen (secondary N) is 1. The van der Waals surface area contributed by atoms with Gasteiger partial charge in [-0.2, -0.15) is 0 Å². The van der Waals surface area contributed by atoms with Gasteiger partial charge in [0.15, 0.2) is 0 Å². The zero-order chi connectivity index (χ0) is 18.5. The second-order valence-corrected chi connectivity index (χ2v) is 6.39. The van der Waals surface area contributed by atoms with Gasteiger partial charge in [-0.15, -0.1) is 0 Å². The number of amides is 2. The van der Waals surface area contributed by atoms with E-state index in [1.165, 1.54) is 6.92 Å². The van der Waals surface area contributed by atoms with E-state index in [9.17, 15) is 9.59 Å². The largest absolute Gasteiger partial charge is 0.387 e. The van der Waals surface area contributed by atoms with Gasteiger partial charge in [0.05, 0.1) is 11.4 Å². The number of aliphatic hydroxyl groups is 1. The maximum atomic E-state index is 11.8. The van der Waals surface area contributed by atoms with Crippen LogP contribution in [-0.2, 0) is 9.59 Å². The lowest BCUT2D eigenvalue weighted by molar-refractivity contribution is -0.135. The van der Waals surface area contributed by atoms with Crippen molar-refractivity contribution in [3.8, 4) is 11.3 Å². The molecule has 1 aliphatic heterocycles. The molecule has 1 saturated heterocycles. The number of aromatic nitrogens is 2. The Bertz CT molecular complexity index is 809. The molecule has 2 N–H and O–H groups in total. The minimum absolute atomic E-state index is 0.0624. The fourth-order valence-electron chi connectivity index (χ4n) is 3.34. The van der Waals surface area contributed by atoms with Gasteiger partial charge in [0.25, 0.3) is 0 Å². The minimum Gasteiger partial charge on any atom is -0.387 e. The normalized spacial score (nSPS) is 17.0. The third kappa shape index (κ3) is 4.05. The summed E-state index contributed by atoms with van der Waals surface area (Å²) in [6.07, 6.45) is 5.07. The van der Waals surface area contributed by atoms with Gasteiger partial charge >= 0.3 is 0 Å². The van der Waals surface area contributed by atoms with Gasteiger partial charge in [-0.25, -0.2) is 0 Å². The summed E-state index contributed by atoms with van der Waals surface area (Å²) in [6, 6.07) is 7.48. The van der Waals surface area contributed by atoms with Crippen LogP contribution in [0.15, 0.2) is 36.7 Å². The molecule has 26 heavy (non-hydrogen) atoms. The number of benzene rings is 1. The molecule has 136 valence electrons. The highest BCUT2D eigenvalue weighted by molar-refractivity contribution is 5.89. The van der Waals surface area contributed by atoms with Gasteiger partial charge in [0, 0.05) is 49.6 Å². The predicted molar refractivity (Wildman–Crippen MR) is 97.4 cm³/mol. The predicted octanol–water partition coefficient (Wildman–Crippen LogP) is 1.80. The third-order valence-corrected chi connectivity index (χ3v) is 4.48. The molecule has 1 atom stereocenters. The van der Waals surface area contributed by atoms with Gasteiger partial charge in [-0.1, -0.05) is 12.1 Å². The first kappa shape index (κ1) is 18.0. The summed E-state index contributed by atoms with van der Waals surface area (Å²) in [6.45, 7) is 2.17. The number of rotatable bonds is 4. The molecule has 1 aromatic heterocycles. The van der Waals surface area contributed by atoms with Crippen LogP contribution in [0.3, 0.4) is 0 Å². The first-order chi connectivity index (χ1) is 12.6. The molecule has 0 radical (unpaired) electrons. The number of nitrogens with zero attached hydrogens (tertiary/aromatic N) is 3. The Kier molecular flexibility index (Phi) is 5.58. The number of carbonyl (C=O) groups is 2. The number of piperidine rings is 1. The van der Waals surface area contributed by atoms with Gasteiger partial charge in [0.1, 0.15) is 6.61 Å². The van der Waals surface area contributed by atoms with Gasteiger partial charge in [0.2, 0.25) is 11.8 Å². The fraction of sp³-hybridized carbons (Fsp3) is 0.368. The maximum Gasteiger partial charge on any atom is 0.248 e. The summed E-state index contributed by atoms with van der Waals surface area (Å²) < 4.78 is 0. The van der Waals surface area contributed by atoms with Crippen LogP contribution < -0.4 is 5.32 Å². The van der Waals surface area contributed by atoms with E-state index < -0.39 is 6.61 Å². The van der Waals surface area contributed by atoms with Crippen LogP contribution in [0.1, 0.15) is 31.4 Å². The van der Waals surface area contributed by atoms with E-state index in [2.05, 4.69) is 15.3 Å². The van der Waals surface area contributed by atoms with Crippen LogP contribution in [0.4, 0.5) is 5.69 Å². The standard InChI is InChI=1S/C19H22N4O3/c1-13(25)22-16-6-2-4-14(10-16)18-19(21-8-7-20-18)15-5-3-9-23(11-15)17(26)12-24/h2,4,6-8,10,15,24H,3,5,9,11-12H2,1H3,(H,22,25). The van der Waals surface area contributed by atoms with Crippen molar-refractivity contribution < 1.29 is 14.7 Å². The molecule has 3 rings (SSSR count). The molecule has 2 amide bonds. The lowest BCUT2D eigenvalue weighted by Crippen LogP contribution is -2.40. The Hall–Kier alpha value is -2.80. The number of anilines is 1. The van der Waals surface area contributed by atoms with Crippen molar-refractivity contribution in [3.63, 3.8) is 0 Å². The van der Waals surface area contributed by atoms with E-state index >= 15 is 0 Å². The second kappa shape index (κ2) is 8.05. The molecule has 1 unspecified atom stereocenters. The van der Waals surface area contributed by atoms with E-state index in [0.29, 0.717) is 18.8 Å². The molecule has 2 heterocycles. The van der Waals surface area contributed by atoms with Crippen molar-refractivity contribution in [1.29, 1.82) is 0 Å². The highest BCUT2D eigenvalue weighted by Crippen LogP contribution is 2.32. The zero-order valence-electron chi connectivity index (χ0n) is 14.7. The molecule has 7 heteroatoms. The smallest absolute Gasteiger partial charge is 0.248 e. The monoisotopic (exact) mass is 354 g/mol. The molecule has 0 spiro atoms. The van der Waals surface area contributed by atoms with Crippen LogP contribution in [-0.4, -0.2) is 51.5 Å². The van der Waals surface area contributed by atoms with Crippen molar-refractivity contribution in [2.75, 3.05) is 25.0 Å². The Labute approximate surface area is 152 Å². The average Bonchev–Trinajstić information content (AvgIpc) is 2.67. The molecule has 7 nitrogen and oxygen atoms in total. The first-order valence-corrected chi connectivity index (χ1v) is 8.66. The van der Waals surface area contributed by atoms with Crippen molar-refractivity contribution in [2.45, 2.75) is 25.7 Å². The molecule has 1 aliphatic rings. The van der Waals surface area contributed by atoms with E-state index in [-0.39, 0.29) is 17.7 Å². The van der Waals surface area contributed by atoms with Gasteiger partial charge < -0.3 is 15.3 Å². The van der Waals surface area contributed by atoms with Crippen molar-refractivity contribution in [3.05, 3.63) is 42.4 Å². The van der Waals surface area contributed by atoms with Crippen LogP contribution in [0, 0.1) is 0 Å². The van der Waals surface area contributed by atoms with Crippen LogP contribution in [0.25, 0.3) is 11.3 Å². The Balaban J connectivity index is 1.91. The summed E-state index contributed by atoms with van der Waals surface area (Å²) in [7, 11) is 0. The number of hydrogen-bond donors (Lipinski definition) is 2. The number of aliphatic hydroxyl groups excluding tert-OH is 1. The second-order valence-electron chi connectivity index (χ2n) is 6.39. The minimum atomic E-state index is -0.473. The van der Waals surface area contributed by atoms with Crippen molar-refractivity contribution in [1.82, 2.24) is 14.9 Å². The molecule has 0 aliphatic carbocycles. The highest BCUT2D eigenvalue weighted by atomic mass is 16.3. The fourth-order valence-corrected chi connectivity index (χ4v) is 3.34. The molecular weight excluding hydrogens is 332 g/mol. The first-order valence-electron chi connectivity index (χ1n) is 8.66. The SMILES string of the molecule is CC(=O)Nc1cccc(-c2nccnc2C2CCCN(C(=O)CO)C2)c1. The summed E-state index contributed by atoms with van der Waals surface area (Å²) >= 11 is 0. The molecule has 1 aromatic carbocycles. The molecule has 0 saturated carbocycles. The number of carbonyl (C=O) groups excluding carboxylic acids is 2. The third-order valence-electron chi connectivity index (χ3n) is 4.48. The molecular formula is C19H22N4O3. The number of hydrogen-bond acceptors (Lipinski definition) is 5. The van der Waals surface area contributed by atoms with E-state index in [4.69, 9.17) is 5.11 Å². The number of likely N-dealkylation sites (tertiary alicyclic amines) is 1. The van der Waals surface area contributed by atoms with E-state index in [1.807, 2.05) is 24.3 Å².